The Hall–Kier alpha value is -1.37. The summed E-state index contributed by atoms with van der Waals surface area (Å²) in [5.74, 6) is 6.39. The highest BCUT2D eigenvalue weighted by Crippen LogP contribution is 2.37. The number of nitrogen functional groups attached to an aromatic ring is 1. The summed E-state index contributed by atoms with van der Waals surface area (Å²) < 4.78 is 1.11. The molecule has 3 rings (SSSR count). The number of halogens is 2. The summed E-state index contributed by atoms with van der Waals surface area (Å²) in [6, 6.07) is 5.23. The molecule has 0 saturated carbocycles. The van der Waals surface area contributed by atoms with Gasteiger partial charge in [-0.15, -0.1) is 0 Å². The molecule has 0 spiro atoms. The molecule has 0 amide bonds. The molecule has 21 heavy (non-hydrogen) atoms. The Labute approximate surface area is 135 Å². The van der Waals surface area contributed by atoms with E-state index in [0.717, 1.165) is 46.9 Å². The molecule has 0 radical (unpaired) electrons. The van der Waals surface area contributed by atoms with Gasteiger partial charge in [-0.05, 0) is 25.0 Å². The van der Waals surface area contributed by atoms with Crippen LogP contribution in [-0.2, 0) is 0 Å². The van der Waals surface area contributed by atoms with Crippen LogP contribution in [0.2, 0.25) is 10.0 Å². The van der Waals surface area contributed by atoms with Gasteiger partial charge in [0.15, 0.2) is 5.82 Å². The largest absolute Gasteiger partial charge is 0.360 e. The summed E-state index contributed by atoms with van der Waals surface area (Å²) in [5, 5.41) is 4.91. The van der Waals surface area contributed by atoms with Crippen LogP contribution in [0.1, 0.15) is 12.8 Å². The molecule has 1 fully saturated rings. The topological polar surface area (TPSA) is 63.3 Å². The minimum absolute atomic E-state index is 0.220. The lowest BCUT2D eigenvalue weighted by molar-refractivity contribution is 0.949. The fraction of sp³-hybridized carbons (Fsp3) is 0.308. The molecule has 2 heterocycles. The molecule has 1 aliphatic rings. The maximum absolute atomic E-state index is 11.9. The first-order chi connectivity index (χ1) is 10.1. The molecule has 2 aromatic rings. The van der Waals surface area contributed by atoms with Gasteiger partial charge in [0.25, 0.3) is 0 Å². The van der Waals surface area contributed by atoms with Crippen molar-refractivity contribution in [2.45, 2.75) is 12.8 Å². The molecule has 0 unspecified atom stereocenters. The first-order valence-corrected chi connectivity index (χ1v) is 8.12. The first-order valence-electron chi connectivity index (χ1n) is 6.55. The molecule has 1 aliphatic heterocycles. The zero-order chi connectivity index (χ0) is 15.0. The lowest BCUT2D eigenvalue weighted by Gasteiger charge is -2.18. The van der Waals surface area contributed by atoms with E-state index >= 15 is 0 Å². The smallest absolute Gasteiger partial charge is 0.329 e. The standard InChI is InChI=1S/C13H14Cl2N4OS/c14-8-4-3-5-9(15)10(8)17-11-12(18-6-1-2-7-18)21-13(20)19(11)16/h3-5,17H,1-2,6-7,16H2. The van der Waals surface area contributed by atoms with Crippen molar-refractivity contribution < 1.29 is 0 Å². The molecule has 0 aliphatic carbocycles. The highest BCUT2D eigenvalue weighted by Gasteiger charge is 2.23. The predicted octanol–water partition coefficient (Wildman–Crippen LogP) is 3.27. The first kappa shape index (κ1) is 14.6. The third kappa shape index (κ3) is 2.71. The van der Waals surface area contributed by atoms with E-state index in [-0.39, 0.29) is 4.87 Å². The van der Waals surface area contributed by atoms with Crippen molar-refractivity contribution in [1.29, 1.82) is 0 Å². The number of thiazole rings is 1. The van der Waals surface area contributed by atoms with Gasteiger partial charge >= 0.3 is 4.87 Å². The Bertz CT molecular complexity index is 701. The van der Waals surface area contributed by atoms with Gasteiger partial charge in [0.2, 0.25) is 0 Å². The molecule has 112 valence electrons. The Morgan fingerprint density at radius 3 is 2.43 bits per heavy atom. The van der Waals surface area contributed by atoms with E-state index in [0.29, 0.717) is 21.6 Å². The highest BCUT2D eigenvalue weighted by molar-refractivity contribution is 7.14. The Morgan fingerprint density at radius 2 is 1.81 bits per heavy atom. The van der Waals surface area contributed by atoms with Crippen LogP contribution in [0.25, 0.3) is 0 Å². The summed E-state index contributed by atoms with van der Waals surface area (Å²) in [7, 11) is 0. The van der Waals surface area contributed by atoms with Gasteiger partial charge in [0.1, 0.15) is 5.00 Å². The minimum Gasteiger partial charge on any atom is -0.360 e. The van der Waals surface area contributed by atoms with Crippen LogP contribution in [0.5, 0.6) is 0 Å². The number of rotatable bonds is 3. The maximum Gasteiger partial charge on any atom is 0.329 e. The van der Waals surface area contributed by atoms with Crippen LogP contribution in [0.3, 0.4) is 0 Å². The number of anilines is 3. The number of nitrogens with two attached hydrogens (primary N) is 1. The van der Waals surface area contributed by atoms with Gasteiger partial charge < -0.3 is 16.1 Å². The number of aromatic nitrogens is 1. The molecule has 5 nitrogen and oxygen atoms in total. The van der Waals surface area contributed by atoms with Crippen molar-refractivity contribution in [2.75, 3.05) is 29.1 Å². The number of hydrogen-bond acceptors (Lipinski definition) is 5. The van der Waals surface area contributed by atoms with Crippen molar-refractivity contribution in [3.63, 3.8) is 0 Å². The van der Waals surface area contributed by atoms with Crippen molar-refractivity contribution in [3.8, 4) is 0 Å². The van der Waals surface area contributed by atoms with Crippen molar-refractivity contribution in [3.05, 3.63) is 37.9 Å². The molecule has 0 atom stereocenters. The number of para-hydroxylation sites is 1. The zero-order valence-corrected chi connectivity index (χ0v) is 13.4. The third-order valence-corrected chi connectivity index (χ3v) is 5.07. The summed E-state index contributed by atoms with van der Waals surface area (Å²) >= 11 is 13.5. The van der Waals surface area contributed by atoms with Crippen LogP contribution >= 0.6 is 34.5 Å². The maximum atomic E-state index is 11.9. The quantitative estimate of drug-likeness (QED) is 0.838. The number of benzene rings is 1. The zero-order valence-electron chi connectivity index (χ0n) is 11.1. The van der Waals surface area contributed by atoms with Crippen LogP contribution in [-0.4, -0.2) is 17.8 Å². The van der Waals surface area contributed by atoms with Crippen molar-refractivity contribution in [2.24, 2.45) is 0 Å². The van der Waals surface area contributed by atoms with Gasteiger partial charge in [-0.25, -0.2) is 0 Å². The summed E-state index contributed by atoms with van der Waals surface area (Å²) in [6.07, 6.45) is 2.23. The lowest BCUT2D eigenvalue weighted by Crippen LogP contribution is -2.24. The Balaban J connectivity index is 2.04. The average Bonchev–Trinajstić information content (AvgIpc) is 3.06. The van der Waals surface area contributed by atoms with E-state index in [2.05, 4.69) is 10.2 Å². The molecular weight excluding hydrogens is 331 g/mol. The van der Waals surface area contributed by atoms with Crippen LogP contribution in [0.15, 0.2) is 23.0 Å². The summed E-state index contributed by atoms with van der Waals surface area (Å²) in [6.45, 7) is 1.84. The van der Waals surface area contributed by atoms with E-state index in [1.807, 2.05) is 0 Å². The van der Waals surface area contributed by atoms with Crippen LogP contribution in [0.4, 0.5) is 16.5 Å². The molecule has 1 aromatic carbocycles. The van der Waals surface area contributed by atoms with E-state index in [1.54, 1.807) is 18.2 Å². The number of nitrogens with zero attached hydrogens (tertiary/aromatic N) is 2. The second kappa shape index (κ2) is 5.79. The molecule has 1 aromatic heterocycles. The monoisotopic (exact) mass is 344 g/mol. The second-order valence-electron chi connectivity index (χ2n) is 4.81. The van der Waals surface area contributed by atoms with Gasteiger partial charge in [-0.2, -0.15) is 4.68 Å². The van der Waals surface area contributed by atoms with E-state index in [4.69, 9.17) is 29.0 Å². The van der Waals surface area contributed by atoms with Gasteiger partial charge in [-0.1, -0.05) is 40.6 Å². The molecule has 0 bridgehead atoms. The Kier molecular flexibility index (Phi) is 4.01. The lowest BCUT2D eigenvalue weighted by atomic mass is 10.3. The molecule has 3 N–H and O–H groups in total. The normalized spacial score (nSPS) is 14.7. The number of nitrogens with one attached hydrogen (secondary N) is 1. The van der Waals surface area contributed by atoms with E-state index in [1.165, 1.54) is 0 Å². The van der Waals surface area contributed by atoms with Crippen LogP contribution < -0.4 is 20.9 Å². The van der Waals surface area contributed by atoms with Crippen LogP contribution in [0, 0.1) is 0 Å². The summed E-state index contributed by atoms with van der Waals surface area (Å²) in [5.41, 5.74) is 0.554. The predicted molar refractivity (Wildman–Crippen MR) is 89.9 cm³/mol. The Morgan fingerprint density at radius 1 is 1.19 bits per heavy atom. The third-order valence-electron chi connectivity index (χ3n) is 3.42. The van der Waals surface area contributed by atoms with Crippen molar-refractivity contribution >= 4 is 51.0 Å². The molecule has 1 saturated heterocycles. The van der Waals surface area contributed by atoms with Gasteiger partial charge in [0, 0.05) is 13.1 Å². The van der Waals surface area contributed by atoms with Gasteiger partial charge in [0.05, 0.1) is 15.7 Å². The molecule has 8 heteroatoms. The number of hydrogen-bond donors (Lipinski definition) is 2. The van der Waals surface area contributed by atoms with E-state index < -0.39 is 0 Å². The average molecular weight is 345 g/mol. The highest BCUT2D eigenvalue weighted by atomic mass is 35.5. The summed E-state index contributed by atoms with van der Waals surface area (Å²) in [4.78, 5) is 13.8. The van der Waals surface area contributed by atoms with Gasteiger partial charge in [-0.3, -0.25) is 4.79 Å². The SMILES string of the molecule is Nn1c(Nc2c(Cl)cccc2Cl)c(N2CCCC2)sc1=O. The second-order valence-corrected chi connectivity index (χ2v) is 6.56. The molecular formula is C13H14Cl2N4OS. The fourth-order valence-electron chi connectivity index (χ4n) is 2.36. The minimum atomic E-state index is -0.220. The van der Waals surface area contributed by atoms with Crippen molar-refractivity contribution in [1.82, 2.24) is 4.68 Å². The fourth-order valence-corrected chi connectivity index (χ4v) is 3.76. The van der Waals surface area contributed by atoms with E-state index in [9.17, 15) is 4.79 Å².